The Balaban J connectivity index is 0.000000535. The number of aryl methyl sites for hydroxylation is 2. The van der Waals surface area contributed by atoms with Crippen molar-refractivity contribution >= 4 is 17.6 Å². The third-order valence-corrected chi connectivity index (χ3v) is 7.23. The van der Waals surface area contributed by atoms with Crippen molar-refractivity contribution in [2.24, 2.45) is 5.92 Å². The number of hydrogen-bond donors (Lipinski definition) is 3. The third kappa shape index (κ3) is 16.1. The Morgan fingerprint density at radius 3 is 2.17 bits per heavy atom. The van der Waals surface area contributed by atoms with Gasteiger partial charge in [-0.05, 0) is 62.4 Å². The summed E-state index contributed by atoms with van der Waals surface area (Å²) in [4.78, 5) is 36.7. The molecule has 3 rings (SSSR count). The standard InChI is InChI=1S/C26H34N2O7.C11H16O/c1-33-12-13-35-23-15-19(14-22(17-23)34-2)8-6-7-11-21(16-25(30)28-32)26(31)27-18-24(29)20-9-4-3-5-10-20;1-3-4-9-12-11-7-5-10(2)6-8-11/h3-5,9-10,14-15,17,21,32H,6-8,11-13,16,18H2,1-2H3,(H,27,31)(H,28,30);5-8H,3-4,9H2,1-2H3/t21-;/m1./s1. The average molecular weight is 651 g/mol. The van der Waals surface area contributed by atoms with Crippen LogP contribution in [0.15, 0.2) is 72.8 Å². The summed E-state index contributed by atoms with van der Waals surface area (Å²) in [7, 11) is 3.20. The first-order chi connectivity index (χ1) is 22.8. The third-order valence-electron chi connectivity index (χ3n) is 7.23. The van der Waals surface area contributed by atoms with Crippen molar-refractivity contribution in [3.8, 4) is 17.2 Å². The van der Waals surface area contributed by atoms with E-state index in [4.69, 9.17) is 24.2 Å². The number of hydrogen-bond acceptors (Lipinski definition) is 8. The van der Waals surface area contributed by atoms with Crippen molar-refractivity contribution in [1.29, 1.82) is 0 Å². The number of benzene rings is 3. The molecule has 3 aromatic rings. The zero-order valence-electron chi connectivity index (χ0n) is 28.1. The van der Waals surface area contributed by atoms with E-state index in [2.05, 4.69) is 31.3 Å². The van der Waals surface area contributed by atoms with E-state index < -0.39 is 17.7 Å². The minimum atomic E-state index is -0.663. The van der Waals surface area contributed by atoms with Crippen molar-refractivity contribution in [2.75, 3.05) is 40.6 Å². The maximum Gasteiger partial charge on any atom is 0.244 e. The number of nitrogens with one attached hydrogen (secondary N) is 2. The zero-order valence-corrected chi connectivity index (χ0v) is 28.1. The van der Waals surface area contributed by atoms with Crippen molar-refractivity contribution < 1.29 is 38.5 Å². The second kappa shape index (κ2) is 23.0. The van der Waals surface area contributed by atoms with Gasteiger partial charge in [0, 0.05) is 31.1 Å². The van der Waals surface area contributed by atoms with E-state index in [0.29, 0.717) is 43.1 Å². The van der Waals surface area contributed by atoms with Crippen LogP contribution >= 0.6 is 0 Å². The van der Waals surface area contributed by atoms with Crippen LogP contribution in [0.4, 0.5) is 0 Å². The van der Waals surface area contributed by atoms with Gasteiger partial charge >= 0.3 is 0 Å². The molecular weight excluding hydrogens is 600 g/mol. The Morgan fingerprint density at radius 2 is 1.51 bits per heavy atom. The summed E-state index contributed by atoms with van der Waals surface area (Å²) < 4.78 is 21.5. The lowest BCUT2D eigenvalue weighted by molar-refractivity contribution is -0.134. The van der Waals surface area contributed by atoms with Gasteiger partial charge in [0.2, 0.25) is 11.8 Å². The molecule has 0 bridgehead atoms. The zero-order chi connectivity index (χ0) is 34.3. The van der Waals surface area contributed by atoms with Gasteiger partial charge < -0.3 is 24.3 Å². The molecule has 0 heterocycles. The molecule has 0 unspecified atom stereocenters. The van der Waals surface area contributed by atoms with Crippen LogP contribution in [0, 0.1) is 12.8 Å². The Kier molecular flexibility index (Phi) is 19.0. The lowest BCUT2D eigenvalue weighted by atomic mass is 9.95. The van der Waals surface area contributed by atoms with Crippen molar-refractivity contribution in [1.82, 2.24) is 10.8 Å². The van der Waals surface area contributed by atoms with Crippen LogP contribution in [-0.4, -0.2) is 63.4 Å². The SMILES string of the molecule is CCCCOc1ccc(C)cc1.COCCOc1cc(CCCC[C@H](CC(=O)NO)C(=O)NCC(=O)c2ccccc2)cc(OC)c1. The highest BCUT2D eigenvalue weighted by atomic mass is 16.5. The molecule has 3 N–H and O–H groups in total. The molecule has 0 aliphatic rings. The first-order valence-electron chi connectivity index (χ1n) is 16.1. The van der Waals surface area contributed by atoms with E-state index >= 15 is 0 Å². The molecule has 256 valence electrons. The number of unbranched alkanes of at least 4 members (excludes halogenated alkanes) is 2. The molecule has 2 amide bonds. The fourth-order valence-corrected chi connectivity index (χ4v) is 4.54. The number of carbonyl (C=O) groups excluding carboxylic acids is 3. The molecule has 0 aliphatic heterocycles. The second-order valence-corrected chi connectivity index (χ2v) is 11.1. The predicted molar refractivity (Wildman–Crippen MR) is 181 cm³/mol. The fraction of sp³-hybridized carbons (Fsp3) is 0.432. The molecular formula is C37H50N2O8. The van der Waals surface area contributed by atoms with Crippen molar-refractivity contribution in [3.05, 3.63) is 89.5 Å². The van der Waals surface area contributed by atoms with Crippen LogP contribution in [0.3, 0.4) is 0 Å². The summed E-state index contributed by atoms with van der Waals surface area (Å²) in [6.07, 6.45) is 4.74. The molecule has 10 heteroatoms. The van der Waals surface area contributed by atoms with Gasteiger partial charge in [-0.1, -0.05) is 67.8 Å². The van der Waals surface area contributed by atoms with Gasteiger partial charge in [-0.15, -0.1) is 0 Å². The van der Waals surface area contributed by atoms with Gasteiger partial charge in [-0.3, -0.25) is 19.6 Å². The smallest absolute Gasteiger partial charge is 0.244 e. The molecule has 1 atom stereocenters. The Bertz CT molecular complexity index is 1330. The minimum absolute atomic E-state index is 0.157. The van der Waals surface area contributed by atoms with Gasteiger partial charge in [0.15, 0.2) is 5.78 Å². The van der Waals surface area contributed by atoms with Crippen molar-refractivity contribution in [2.45, 2.75) is 58.8 Å². The molecule has 0 radical (unpaired) electrons. The Hall–Kier alpha value is -4.41. The fourth-order valence-electron chi connectivity index (χ4n) is 4.54. The molecule has 3 aromatic carbocycles. The number of amides is 2. The summed E-state index contributed by atoms with van der Waals surface area (Å²) >= 11 is 0. The number of Topliss-reactive ketones (excluding diaryl/α,β-unsaturated/α-hetero) is 1. The number of ketones is 1. The Labute approximate surface area is 278 Å². The topological polar surface area (TPSA) is 132 Å². The summed E-state index contributed by atoms with van der Waals surface area (Å²) in [5, 5.41) is 11.5. The summed E-state index contributed by atoms with van der Waals surface area (Å²) in [6.45, 7) is 5.83. The van der Waals surface area contributed by atoms with E-state index in [1.807, 2.05) is 30.3 Å². The number of rotatable bonds is 20. The lowest BCUT2D eigenvalue weighted by Crippen LogP contribution is -2.37. The van der Waals surface area contributed by atoms with E-state index in [0.717, 1.165) is 37.2 Å². The van der Waals surface area contributed by atoms with Gasteiger partial charge in [-0.2, -0.15) is 0 Å². The van der Waals surface area contributed by atoms with Crippen LogP contribution in [-0.2, 0) is 20.7 Å². The van der Waals surface area contributed by atoms with Crippen molar-refractivity contribution in [3.63, 3.8) is 0 Å². The molecule has 0 spiro atoms. The largest absolute Gasteiger partial charge is 0.497 e. The minimum Gasteiger partial charge on any atom is -0.497 e. The van der Waals surface area contributed by atoms with E-state index in [1.54, 1.807) is 50.0 Å². The first kappa shape index (κ1) is 38.8. The molecule has 0 saturated carbocycles. The Morgan fingerprint density at radius 1 is 0.809 bits per heavy atom. The van der Waals surface area contributed by atoms with Crippen LogP contribution < -0.4 is 25.0 Å². The van der Waals surface area contributed by atoms with Gasteiger partial charge in [0.25, 0.3) is 0 Å². The van der Waals surface area contributed by atoms with Gasteiger partial charge in [0.1, 0.15) is 23.9 Å². The van der Waals surface area contributed by atoms with E-state index in [1.165, 1.54) is 12.0 Å². The summed E-state index contributed by atoms with van der Waals surface area (Å²) in [5.74, 6) is 0.438. The highest BCUT2D eigenvalue weighted by molar-refractivity contribution is 5.99. The number of methoxy groups -OCH3 is 2. The van der Waals surface area contributed by atoms with Crippen LogP contribution in [0.2, 0.25) is 0 Å². The quantitative estimate of drug-likeness (QED) is 0.0577. The molecule has 47 heavy (non-hydrogen) atoms. The highest BCUT2D eigenvalue weighted by Gasteiger charge is 2.22. The number of carbonyl (C=O) groups is 3. The monoisotopic (exact) mass is 650 g/mol. The summed E-state index contributed by atoms with van der Waals surface area (Å²) in [6, 6.07) is 22.5. The highest BCUT2D eigenvalue weighted by Crippen LogP contribution is 2.25. The van der Waals surface area contributed by atoms with E-state index in [-0.39, 0.29) is 18.7 Å². The average Bonchev–Trinajstić information content (AvgIpc) is 3.09. The number of hydroxylamine groups is 1. The summed E-state index contributed by atoms with van der Waals surface area (Å²) in [5.41, 5.74) is 4.38. The normalized spacial score (nSPS) is 11.0. The second-order valence-electron chi connectivity index (χ2n) is 11.1. The van der Waals surface area contributed by atoms with Gasteiger partial charge in [-0.25, -0.2) is 5.48 Å². The lowest BCUT2D eigenvalue weighted by Gasteiger charge is -2.16. The van der Waals surface area contributed by atoms with Crippen LogP contribution in [0.5, 0.6) is 17.2 Å². The van der Waals surface area contributed by atoms with E-state index in [9.17, 15) is 14.4 Å². The maximum absolute atomic E-state index is 12.7. The number of ether oxygens (including phenoxy) is 4. The first-order valence-corrected chi connectivity index (χ1v) is 16.1. The molecule has 0 aliphatic carbocycles. The van der Waals surface area contributed by atoms with Crippen LogP contribution in [0.1, 0.15) is 66.9 Å². The maximum atomic E-state index is 12.7. The molecule has 0 saturated heterocycles. The molecule has 0 fully saturated rings. The molecule has 10 nitrogen and oxygen atoms in total. The van der Waals surface area contributed by atoms with Gasteiger partial charge in [0.05, 0.1) is 26.9 Å². The van der Waals surface area contributed by atoms with Crippen LogP contribution in [0.25, 0.3) is 0 Å². The predicted octanol–water partition coefficient (Wildman–Crippen LogP) is 6.12. The molecule has 0 aromatic heterocycles.